The van der Waals surface area contributed by atoms with Gasteiger partial charge in [-0.3, -0.25) is 0 Å². The summed E-state index contributed by atoms with van der Waals surface area (Å²) in [6.45, 7) is 9.26. The minimum atomic E-state index is -2.42. The van der Waals surface area contributed by atoms with E-state index in [2.05, 4.69) is 64.2 Å². The van der Waals surface area contributed by atoms with Crippen molar-refractivity contribution in [1.29, 1.82) is 0 Å². The summed E-state index contributed by atoms with van der Waals surface area (Å²) in [4.78, 5) is 0. The molecule has 0 aromatic rings. The molecule has 1 nitrogen and oxygen atoms in total. The zero-order chi connectivity index (χ0) is 12.3. The average Bonchev–Trinajstić information content (AvgIpc) is 2.31. The zero-order valence-corrected chi connectivity index (χ0v) is 14.1. The molecule has 0 spiro atoms. The molecule has 0 radical (unpaired) electrons. The van der Waals surface area contributed by atoms with Gasteiger partial charge in [-0.25, -0.2) is 0 Å². The van der Waals surface area contributed by atoms with Gasteiger partial charge in [0.15, 0.2) is 0 Å². The van der Waals surface area contributed by atoms with Gasteiger partial charge in [0.1, 0.15) is 0 Å². The summed E-state index contributed by atoms with van der Waals surface area (Å²) in [5.41, 5.74) is 0. The van der Waals surface area contributed by atoms with Gasteiger partial charge in [-0.2, -0.15) is 0 Å². The molecule has 0 amide bonds. The molecule has 0 atom stereocenters. The van der Waals surface area contributed by atoms with E-state index in [9.17, 15) is 0 Å². The Balaban J connectivity index is 4.70. The predicted molar refractivity (Wildman–Crippen MR) is 76.2 cm³/mol. The van der Waals surface area contributed by atoms with Crippen LogP contribution in [0.2, 0.25) is 13.3 Å². The predicted octanol–water partition coefficient (Wildman–Crippen LogP) is 4.70. The summed E-state index contributed by atoms with van der Waals surface area (Å²) in [6, 6.07) is 0. The Hall–Kier alpha value is -0.0213. The molecule has 0 aliphatic carbocycles. The molecule has 0 aromatic heterocycles. The zero-order valence-electron chi connectivity index (χ0n) is 11.2. The van der Waals surface area contributed by atoms with Crippen LogP contribution in [-0.2, 0) is 3.07 Å². The van der Waals surface area contributed by atoms with Gasteiger partial charge < -0.3 is 0 Å². The molecule has 0 saturated heterocycles. The first-order valence-corrected chi connectivity index (χ1v) is 13.4. The van der Waals surface area contributed by atoms with Gasteiger partial charge in [0, 0.05) is 0 Å². The third-order valence-electron chi connectivity index (χ3n) is 2.63. The van der Waals surface area contributed by atoms with Crippen LogP contribution in [0.3, 0.4) is 0 Å². The first kappa shape index (κ1) is 16.0. The summed E-state index contributed by atoms with van der Waals surface area (Å²) in [5, 5.41) is 0. The minimum absolute atomic E-state index is 0.864. The van der Waals surface area contributed by atoms with Crippen LogP contribution in [0.15, 0.2) is 36.5 Å². The summed E-state index contributed by atoms with van der Waals surface area (Å²) in [6.07, 6.45) is 13.3. The summed E-state index contributed by atoms with van der Waals surface area (Å²) < 4.78 is 9.76. The van der Waals surface area contributed by atoms with Crippen LogP contribution in [0.4, 0.5) is 0 Å². The molecule has 0 bridgehead atoms. The molecule has 16 heavy (non-hydrogen) atoms. The molecular weight excluding hydrogens is 303 g/mol. The third kappa shape index (κ3) is 6.54. The fourth-order valence-corrected chi connectivity index (χ4v) is 11.6. The summed E-state index contributed by atoms with van der Waals surface area (Å²) in [5.74, 6) is 0. The van der Waals surface area contributed by atoms with Gasteiger partial charge in [-0.05, 0) is 0 Å². The molecule has 0 unspecified atom stereocenters. The van der Waals surface area contributed by atoms with Crippen molar-refractivity contribution in [3.05, 3.63) is 36.5 Å². The van der Waals surface area contributed by atoms with E-state index in [1.54, 1.807) is 0 Å². The van der Waals surface area contributed by atoms with Gasteiger partial charge in [0.05, 0.1) is 0 Å². The second-order valence-electron chi connectivity index (χ2n) is 3.94. The second kappa shape index (κ2) is 10.2. The van der Waals surface area contributed by atoms with Crippen molar-refractivity contribution in [2.75, 3.05) is 6.61 Å². The van der Waals surface area contributed by atoms with Crippen LogP contribution < -0.4 is 0 Å². The maximum absolute atomic E-state index is 6.19. The van der Waals surface area contributed by atoms with E-state index in [4.69, 9.17) is 3.07 Å². The third-order valence-corrected chi connectivity index (χ3v) is 13.6. The van der Waals surface area contributed by atoms with E-state index in [0.717, 1.165) is 6.61 Å². The van der Waals surface area contributed by atoms with E-state index in [0.29, 0.717) is 0 Å². The standard InChI is InChI=1S/3C4H7.C2H5O.Sn/c3*1-3-4-2;1-2-3;/h3*3-4H,1H2,2H3;2H2,1H3;/q;;;-1;+1. The Bertz CT molecular complexity index is 205. The Morgan fingerprint density at radius 1 is 0.812 bits per heavy atom. The van der Waals surface area contributed by atoms with Crippen molar-refractivity contribution in [3.63, 3.8) is 0 Å². The van der Waals surface area contributed by atoms with E-state index in [-0.39, 0.29) is 0 Å². The van der Waals surface area contributed by atoms with Crippen LogP contribution in [0.5, 0.6) is 0 Å². The van der Waals surface area contributed by atoms with Gasteiger partial charge in [-0.1, -0.05) is 0 Å². The van der Waals surface area contributed by atoms with Crippen LogP contribution in [-0.4, -0.2) is 25.4 Å². The van der Waals surface area contributed by atoms with Gasteiger partial charge >= 0.3 is 106 Å². The van der Waals surface area contributed by atoms with Gasteiger partial charge in [0.25, 0.3) is 0 Å². The Kier molecular flexibility index (Phi) is 10.1. The fourth-order valence-electron chi connectivity index (χ4n) is 1.73. The Morgan fingerprint density at radius 3 is 1.44 bits per heavy atom. The number of rotatable bonds is 8. The van der Waals surface area contributed by atoms with E-state index in [1.807, 2.05) is 0 Å². The first-order chi connectivity index (χ1) is 7.74. The van der Waals surface area contributed by atoms with Crippen molar-refractivity contribution in [2.45, 2.75) is 41.0 Å². The maximum atomic E-state index is 6.19. The van der Waals surface area contributed by atoms with Crippen LogP contribution >= 0.6 is 0 Å². The Labute approximate surface area is 106 Å². The summed E-state index contributed by atoms with van der Waals surface area (Å²) >= 11 is -2.42. The fraction of sp³-hybridized carbons (Fsp3) is 0.571. The van der Waals surface area contributed by atoms with Crippen molar-refractivity contribution >= 4 is 18.8 Å². The van der Waals surface area contributed by atoms with E-state index < -0.39 is 18.8 Å². The molecule has 0 saturated carbocycles. The molecule has 2 heteroatoms. The first-order valence-electron chi connectivity index (χ1n) is 6.22. The van der Waals surface area contributed by atoms with Crippen molar-refractivity contribution in [1.82, 2.24) is 0 Å². The summed E-state index contributed by atoms with van der Waals surface area (Å²) in [7, 11) is 0. The second-order valence-corrected chi connectivity index (χ2v) is 15.0. The molecule has 0 heterocycles. The van der Waals surface area contributed by atoms with Gasteiger partial charge in [0.2, 0.25) is 0 Å². The number of hydrogen-bond donors (Lipinski definition) is 0. The SMILES string of the molecule is CC=C[CH2][Sn]([CH2]C=CC)([CH2]C=CC)[O]CC. The topological polar surface area (TPSA) is 9.23 Å². The Morgan fingerprint density at radius 2 is 1.19 bits per heavy atom. The van der Waals surface area contributed by atoms with Crippen molar-refractivity contribution < 1.29 is 3.07 Å². The molecule has 92 valence electrons. The number of hydrogen-bond acceptors (Lipinski definition) is 1. The molecule has 0 aromatic carbocycles. The average molecular weight is 329 g/mol. The van der Waals surface area contributed by atoms with Crippen LogP contribution in [0.25, 0.3) is 0 Å². The molecule has 0 aliphatic heterocycles. The van der Waals surface area contributed by atoms with Crippen LogP contribution in [0.1, 0.15) is 27.7 Å². The van der Waals surface area contributed by atoms with Crippen LogP contribution in [0, 0.1) is 0 Å². The van der Waals surface area contributed by atoms with Crippen molar-refractivity contribution in [2.24, 2.45) is 0 Å². The number of allylic oxidation sites excluding steroid dienone is 6. The van der Waals surface area contributed by atoms with E-state index >= 15 is 0 Å². The quantitative estimate of drug-likeness (QED) is 0.463. The van der Waals surface area contributed by atoms with Crippen molar-refractivity contribution in [3.8, 4) is 0 Å². The van der Waals surface area contributed by atoms with Gasteiger partial charge in [-0.15, -0.1) is 0 Å². The molecular formula is C14H26OSn. The van der Waals surface area contributed by atoms with E-state index in [1.165, 1.54) is 13.3 Å². The monoisotopic (exact) mass is 330 g/mol. The molecule has 0 fully saturated rings. The normalized spacial score (nSPS) is 16.5. The molecule has 0 aliphatic rings. The molecule has 0 rings (SSSR count). The molecule has 0 N–H and O–H groups in total.